The molecule has 1 amide bonds. The van der Waals surface area contributed by atoms with Crippen LogP contribution in [0.1, 0.15) is 16.1 Å². The zero-order valence-electron chi connectivity index (χ0n) is 15.8. The number of carbonyl (C=O) groups is 1. The predicted octanol–water partition coefficient (Wildman–Crippen LogP) is 3.21. The summed E-state index contributed by atoms with van der Waals surface area (Å²) in [6.07, 6.45) is 3.63. The van der Waals surface area contributed by atoms with Gasteiger partial charge in [0.25, 0.3) is 5.91 Å². The molecule has 0 unspecified atom stereocenters. The van der Waals surface area contributed by atoms with E-state index in [1.807, 2.05) is 48.5 Å². The Kier molecular flexibility index (Phi) is 6.41. The minimum atomic E-state index is -0.268. The number of ether oxygens (including phenoxy) is 2. The average molecular weight is 378 g/mol. The van der Waals surface area contributed by atoms with Crippen LogP contribution in [0, 0.1) is 0 Å². The maximum absolute atomic E-state index is 12.3. The molecule has 0 bridgehead atoms. The third-order valence-corrected chi connectivity index (χ3v) is 4.10. The molecule has 0 saturated carbocycles. The molecule has 3 aromatic rings. The topological polar surface area (TPSA) is 85.4 Å². The summed E-state index contributed by atoms with van der Waals surface area (Å²) in [4.78, 5) is 20.7. The lowest BCUT2D eigenvalue weighted by molar-refractivity contribution is 0.0948. The second-order valence-electron chi connectivity index (χ2n) is 5.96. The van der Waals surface area contributed by atoms with E-state index in [1.54, 1.807) is 14.2 Å². The van der Waals surface area contributed by atoms with Gasteiger partial charge in [-0.1, -0.05) is 24.3 Å². The van der Waals surface area contributed by atoms with Crippen molar-refractivity contribution in [1.82, 2.24) is 15.3 Å². The van der Waals surface area contributed by atoms with Crippen molar-refractivity contribution in [2.75, 3.05) is 26.1 Å². The zero-order valence-corrected chi connectivity index (χ0v) is 15.8. The second-order valence-corrected chi connectivity index (χ2v) is 5.96. The van der Waals surface area contributed by atoms with Crippen LogP contribution >= 0.6 is 0 Å². The van der Waals surface area contributed by atoms with Gasteiger partial charge < -0.3 is 20.1 Å². The second kappa shape index (κ2) is 9.36. The van der Waals surface area contributed by atoms with Crippen LogP contribution in [0.15, 0.2) is 60.9 Å². The molecule has 7 nitrogen and oxygen atoms in total. The summed E-state index contributed by atoms with van der Waals surface area (Å²) >= 11 is 0. The van der Waals surface area contributed by atoms with Crippen LogP contribution in [-0.4, -0.2) is 36.6 Å². The summed E-state index contributed by atoms with van der Waals surface area (Å²) in [5, 5.41) is 5.97. The lowest BCUT2D eigenvalue weighted by Gasteiger charge is -2.09. The molecule has 0 aliphatic heterocycles. The Balaban J connectivity index is 1.54. The van der Waals surface area contributed by atoms with Crippen molar-refractivity contribution >= 4 is 17.4 Å². The van der Waals surface area contributed by atoms with Crippen molar-refractivity contribution in [3.8, 4) is 11.5 Å². The average Bonchev–Trinajstić information content (AvgIpc) is 2.74. The molecule has 7 heteroatoms. The Bertz CT molecular complexity index is 929. The normalized spacial score (nSPS) is 10.2. The number of hydrogen-bond donors (Lipinski definition) is 2. The van der Waals surface area contributed by atoms with Crippen LogP contribution in [0.5, 0.6) is 11.5 Å². The van der Waals surface area contributed by atoms with Crippen LogP contribution in [0.4, 0.5) is 11.5 Å². The first kappa shape index (κ1) is 19.2. The predicted molar refractivity (Wildman–Crippen MR) is 107 cm³/mol. The fraction of sp³-hybridized carbons (Fsp3) is 0.190. The van der Waals surface area contributed by atoms with E-state index >= 15 is 0 Å². The number of aromatic nitrogens is 2. The smallest absolute Gasteiger partial charge is 0.271 e. The molecular weight excluding hydrogens is 356 g/mol. The highest BCUT2D eigenvalue weighted by Crippen LogP contribution is 2.20. The first-order valence-electron chi connectivity index (χ1n) is 8.83. The van der Waals surface area contributed by atoms with E-state index in [1.165, 1.54) is 12.4 Å². The van der Waals surface area contributed by atoms with E-state index in [0.717, 1.165) is 22.7 Å². The molecule has 0 radical (unpaired) electrons. The first-order chi connectivity index (χ1) is 13.7. The van der Waals surface area contributed by atoms with E-state index in [9.17, 15) is 4.79 Å². The van der Waals surface area contributed by atoms with E-state index in [4.69, 9.17) is 9.47 Å². The summed E-state index contributed by atoms with van der Waals surface area (Å²) in [5.41, 5.74) is 2.12. The monoisotopic (exact) mass is 378 g/mol. The number of benzene rings is 2. The van der Waals surface area contributed by atoms with Gasteiger partial charge in [0.15, 0.2) is 0 Å². The SMILES string of the molecule is COc1cccc(Nc2cnc(C(=O)NCCc3ccccc3OC)cn2)c1. The summed E-state index contributed by atoms with van der Waals surface area (Å²) in [7, 11) is 3.24. The maximum atomic E-state index is 12.3. The van der Waals surface area contributed by atoms with Gasteiger partial charge in [0.2, 0.25) is 0 Å². The molecule has 1 aromatic heterocycles. The minimum Gasteiger partial charge on any atom is -0.497 e. The van der Waals surface area contributed by atoms with Crippen LogP contribution in [0.3, 0.4) is 0 Å². The standard InChI is InChI=1S/C21H22N4O3/c1-27-17-8-5-7-16(12-17)25-20-14-23-18(13-24-20)21(26)22-11-10-15-6-3-4-9-19(15)28-2/h3-9,12-14H,10-11H2,1-2H3,(H,22,26)(H,24,25). The highest BCUT2D eigenvalue weighted by atomic mass is 16.5. The van der Waals surface area contributed by atoms with Crippen molar-refractivity contribution < 1.29 is 14.3 Å². The Labute approximate surface area is 163 Å². The molecule has 2 N–H and O–H groups in total. The van der Waals surface area contributed by atoms with Gasteiger partial charge in [-0.15, -0.1) is 0 Å². The van der Waals surface area contributed by atoms with Crippen LogP contribution in [-0.2, 0) is 6.42 Å². The number of anilines is 2. The number of nitrogens with zero attached hydrogens (tertiary/aromatic N) is 2. The third-order valence-electron chi connectivity index (χ3n) is 4.10. The Morgan fingerprint density at radius 1 is 1.00 bits per heavy atom. The summed E-state index contributed by atoms with van der Waals surface area (Å²) in [6.45, 7) is 0.477. The molecule has 0 fully saturated rings. The number of methoxy groups -OCH3 is 2. The molecule has 28 heavy (non-hydrogen) atoms. The molecule has 0 atom stereocenters. The van der Waals surface area contributed by atoms with Crippen molar-refractivity contribution in [2.24, 2.45) is 0 Å². The van der Waals surface area contributed by atoms with Gasteiger partial charge >= 0.3 is 0 Å². The van der Waals surface area contributed by atoms with Crippen molar-refractivity contribution in [3.05, 3.63) is 72.2 Å². The van der Waals surface area contributed by atoms with E-state index < -0.39 is 0 Å². The Morgan fingerprint density at radius 2 is 1.86 bits per heavy atom. The summed E-state index contributed by atoms with van der Waals surface area (Å²) < 4.78 is 10.5. The van der Waals surface area contributed by atoms with Crippen molar-refractivity contribution in [1.29, 1.82) is 0 Å². The van der Waals surface area contributed by atoms with Gasteiger partial charge in [-0.25, -0.2) is 9.97 Å². The molecule has 0 aliphatic carbocycles. The number of hydrogen-bond acceptors (Lipinski definition) is 6. The van der Waals surface area contributed by atoms with Gasteiger partial charge in [0.1, 0.15) is 23.0 Å². The quantitative estimate of drug-likeness (QED) is 0.626. The van der Waals surface area contributed by atoms with Gasteiger partial charge in [0, 0.05) is 18.3 Å². The molecule has 3 rings (SSSR count). The number of nitrogens with one attached hydrogen (secondary N) is 2. The molecule has 2 aromatic carbocycles. The lowest BCUT2D eigenvalue weighted by Crippen LogP contribution is -2.26. The molecular formula is C21H22N4O3. The van der Waals surface area contributed by atoms with Crippen LogP contribution < -0.4 is 20.1 Å². The minimum absolute atomic E-state index is 0.260. The Morgan fingerprint density at radius 3 is 2.61 bits per heavy atom. The lowest BCUT2D eigenvalue weighted by atomic mass is 10.1. The largest absolute Gasteiger partial charge is 0.497 e. The maximum Gasteiger partial charge on any atom is 0.271 e. The van der Waals surface area contributed by atoms with Gasteiger partial charge in [-0.05, 0) is 30.2 Å². The highest BCUT2D eigenvalue weighted by Gasteiger charge is 2.09. The van der Waals surface area contributed by atoms with Gasteiger partial charge in [-0.2, -0.15) is 0 Å². The highest BCUT2D eigenvalue weighted by molar-refractivity contribution is 5.92. The van der Waals surface area contributed by atoms with Gasteiger partial charge in [0.05, 0.1) is 26.6 Å². The molecule has 144 valence electrons. The van der Waals surface area contributed by atoms with Crippen molar-refractivity contribution in [3.63, 3.8) is 0 Å². The number of amides is 1. The Hall–Kier alpha value is -3.61. The van der Waals surface area contributed by atoms with Crippen molar-refractivity contribution in [2.45, 2.75) is 6.42 Å². The summed E-state index contributed by atoms with van der Waals surface area (Å²) in [6, 6.07) is 15.2. The van der Waals surface area contributed by atoms with Gasteiger partial charge in [-0.3, -0.25) is 4.79 Å². The van der Waals surface area contributed by atoms with Crippen LogP contribution in [0.25, 0.3) is 0 Å². The molecule has 1 heterocycles. The van der Waals surface area contributed by atoms with E-state index in [2.05, 4.69) is 20.6 Å². The van der Waals surface area contributed by atoms with Crippen LogP contribution in [0.2, 0.25) is 0 Å². The number of rotatable bonds is 8. The third kappa shape index (κ3) is 4.97. The van der Waals surface area contributed by atoms with E-state index in [0.29, 0.717) is 18.8 Å². The molecule has 0 aliphatic rings. The zero-order chi connectivity index (χ0) is 19.8. The summed E-state index contributed by atoms with van der Waals surface area (Å²) in [5.74, 6) is 1.82. The first-order valence-corrected chi connectivity index (χ1v) is 8.83. The van der Waals surface area contributed by atoms with E-state index in [-0.39, 0.29) is 11.6 Å². The molecule has 0 spiro atoms. The number of para-hydroxylation sites is 1. The fourth-order valence-corrected chi connectivity index (χ4v) is 2.67. The fourth-order valence-electron chi connectivity index (χ4n) is 2.67. The molecule has 0 saturated heterocycles. The number of carbonyl (C=O) groups excluding carboxylic acids is 1.